The fourth-order valence-electron chi connectivity index (χ4n) is 7.20. The van der Waals surface area contributed by atoms with Crippen LogP contribution in [-0.2, 0) is 16.1 Å². The fraction of sp³-hybridized carbons (Fsp3) is 0.600. The van der Waals surface area contributed by atoms with Crippen LogP contribution < -0.4 is 0 Å². The lowest BCUT2D eigenvalue weighted by molar-refractivity contribution is -0.152. The summed E-state index contributed by atoms with van der Waals surface area (Å²) in [6.07, 6.45) is 6.14. The third-order valence-corrected chi connectivity index (χ3v) is 9.02. The third kappa shape index (κ3) is 2.83. The van der Waals surface area contributed by atoms with Crippen molar-refractivity contribution < 1.29 is 14.7 Å². The number of halogens is 1. The predicted octanol–water partition coefficient (Wildman–Crippen LogP) is 4.74. The molecule has 4 nitrogen and oxygen atoms in total. The summed E-state index contributed by atoms with van der Waals surface area (Å²) in [5, 5.41) is 11.3. The Bertz CT molecular complexity index is 925. The minimum absolute atomic E-state index is 0.0540. The summed E-state index contributed by atoms with van der Waals surface area (Å²) in [6.45, 7) is 4.83. The van der Waals surface area contributed by atoms with Crippen LogP contribution in [0.5, 0.6) is 0 Å². The number of hydrogen-bond acceptors (Lipinski definition) is 3. The summed E-state index contributed by atoms with van der Waals surface area (Å²) in [5.41, 5.74) is 1.48. The topological polar surface area (TPSA) is 57.6 Å². The van der Waals surface area contributed by atoms with Gasteiger partial charge in [0.05, 0.1) is 12.6 Å². The van der Waals surface area contributed by atoms with Crippen LogP contribution in [-0.4, -0.2) is 27.8 Å². The van der Waals surface area contributed by atoms with Crippen molar-refractivity contribution in [2.24, 2.45) is 28.6 Å². The smallest absolute Gasteiger partial charge is 0.227 e. The number of hydrogen-bond donors (Lipinski definition) is 1. The number of fused-ring (bicyclic) bond motifs is 5. The third-order valence-electron chi connectivity index (χ3n) is 8.77. The van der Waals surface area contributed by atoms with Crippen molar-refractivity contribution in [3.8, 4) is 0 Å². The second-order valence-electron chi connectivity index (χ2n) is 10.3. The maximum absolute atomic E-state index is 13.5. The highest BCUT2D eigenvalue weighted by atomic mass is 35.5. The monoisotopic (exact) mass is 427 g/mol. The highest BCUT2D eigenvalue weighted by Crippen LogP contribution is 2.63. The SMILES string of the molecule is CC12CCC(=O)N(Cc3ccc(Cl)cc3)C1=CC[C@@H]1[C@@H]2C(=O)CC2(C)C(O)CC[C@@H]12. The minimum atomic E-state index is -0.375. The van der Waals surface area contributed by atoms with Gasteiger partial charge in [0.25, 0.3) is 0 Å². The molecule has 0 bridgehead atoms. The molecule has 1 aliphatic heterocycles. The van der Waals surface area contributed by atoms with Crippen LogP contribution in [0.1, 0.15) is 57.9 Å². The molecule has 0 radical (unpaired) electrons. The highest BCUT2D eigenvalue weighted by Gasteiger charge is 2.62. The maximum atomic E-state index is 13.5. The average molecular weight is 428 g/mol. The lowest BCUT2D eigenvalue weighted by Gasteiger charge is -2.57. The number of carbonyl (C=O) groups is 2. The van der Waals surface area contributed by atoms with E-state index < -0.39 is 0 Å². The number of Topliss-reactive ketones (excluding diaryl/α,β-unsaturated/α-hetero) is 1. The Kier molecular flexibility index (Phi) is 4.68. The molecule has 1 heterocycles. The zero-order valence-electron chi connectivity index (χ0n) is 17.7. The molecule has 1 N–H and O–H groups in total. The number of rotatable bonds is 2. The number of piperidine rings is 1. The second-order valence-corrected chi connectivity index (χ2v) is 10.8. The molecule has 5 rings (SSSR count). The van der Waals surface area contributed by atoms with Gasteiger partial charge in [-0.1, -0.05) is 43.7 Å². The molecule has 1 saturated heterocycles. The highest BCUT2D eigenvalue weighted by molar-refractivity contribution is 6.30. The Morgan fingerprint density at radius 1 is 1.17 bits per heavy atom. The first kappa shape index (κ1) is 20.3. The van der Waals surface area contributed by atoms with Crippen LogP contribution in [0.3, 0.4) is 0 Å². The van der Waals surface area contributed by atoms with Crippen molar-refractivity contribution in [1.82, 2.24) is 4.90 Å². The standard InChI is InChI=1S/C25H30ClNO3/c1-24-12-11-22(30)27(14-15-3-5-16(26)6-4-15)20(24)9-7-17-18-8-10-21(29)25(18,2)13-19(28)23(17)24/h3-6,9,17-18,21,23,29H,7-8,10-14H2,1-2H3/t17-,18-,21?,23+,24?,25?/m0/s1. The van der Waals surface area contributed by atoms with E-state index in [1.54, 1.807) is 0 Å². The van der Waals surface area contributed by atoms with Gasteiger partial charge < -0.3 is 10.0 Å². The molecule has 1 aromatic rings. The number of ketones is 1. The van der Waals surface area contributed by atoms with Gasteiger partial charge in [0.2, 0.25) is 5.91 Å². The normalized spacial score (nSPS) is 40.5. The number of carbonyl (C=O) groups excluding carboxylic acids is 2. The molecule has 3 fully saturated rings. The van der Waals surface area contributed by atoms with E-state index >= 15 is 0 Å². The Morgan fingerprint density at radius 2 is 1.90 bits per heavy atom. The van der Waals surface area contributed by atoms with E-state index in [4.69, 9.17) is 11.6 Å². The molecule has 2 saturated carbocycles. The van der Waals surface area contributed by atoms with Crippen LogP contribution in [0.15, 0.2) is 36.0 Å². The van der Waals surface area contributed by atoms with E-state index in [1.165, 1.54) is 0 Å². The number of allylic oxidation sites excluding steroid dienone is 2. The zero-order valence-corrected chi connectivity index (χ0v) is 18.5. The van der Waals surface area contributed by atoms with Crippen molar-refractivity contribution >= 4 is 23.3 Å². The van der Waals surface area contributed by atoms with Gasteiger partial charge in [0.1, 0.15) is 5.78 Å². The number of likely N-dealkylation sites (tertiary alicyclic amines) is 1. The van der Waals surface area contributed by atoms with Crippen molar-refractivity contribution in [3.63, 3.8) is 0 Å². The quantitative estimate of drug-likeness (QED) is 0.741. The number of nitrogens with zero attached hydrogens (tertiary/aromatic N) is 1. The van der Waals surface area contributed by atoms with Gasteiger partial charge in [-0.15, -0.1) is 0 Å². The van der Waals surface area contributed by atoms with Crippen LogP contribution in [0, 0.1) is 28.6 Å². The lowest BCUT2D eigenvalue weighted by atomic mass is 9.49. The molecule has 3 unspecified atom stereocenters. The Balaban J connectivity index is 1.51. The van der Waals surface area contributed by atoms with Crippen LogP contribution in [0.4, 0.5) is 0 Å². The van der Waals surface area contributed by atoms with Gasteiger partial charge in [-0.25, -0.2) is 0 Å². The Hall–Kier alpha value is -1.65. The molecule has 3 aliphatic carbocycles. The Labute approximate surface area is 183 Å². The summed E-state index contributed by atoms with van der Waals surface area (Å²) in [6, 6.07) is 7.63. The fourth-order valence-corrected chi connectivity index (χ4v) is 7.33. The summed E-state index contributed by atoms with van der Waals surface area (Å²) in [5.74, 6) is 1.02. The van der Waals surface area contributed by atoms with Crippen molar-refractivity contribution in [2.75, 3.05) is 0 Å². The van der Waals surface area contributed by atoms with Gasteiger partial charge >= 0.3 is 0 Å². The van der Waals surface area contributed by atoms with E-state index in [0.29, 0.717) is 30.3 Å². The van der Waals surface area contributed by atoms with Crippen LogP contribution in [0.2, 0.25) is 5.02 Å². The van der Waals surface area contributed by atoms with E-state index in [1.807, 2.05) is 29.2 Å². The zero-order chi connectivity index (χ0) is 21.3. The first-order chi connectivity index (χ1) is 14.2. The molecule has 1 aromatic carbocycles. The van der Waals surface area contributed by atoms with Gasteiger partial charge in [-0.3, -0.25) is 9.59 Å². The predicted molar refractivity (Wildman–Crippen MR) is 115 cm³/mol. The van der Waals surface area contributed by atoms with E-state index in [2.05, 4.69) is 19.9 Å². The molecule has 6 atom stereocenters. The van der Waals surface area contributed by atoms with Crippen LogP contribution in [0.25, 0.3) is 0 Å². The summed E-state index contributed by atoms with van der Waals surface area (Å²) < 4.78 is 0. The average Bonchev–Trinajstić information content (AvgIpc) is 3.00. The molecule has 1 amide bonds. The molecule has 5 heteroatoms. The van der Waals surface area contributed by atoms with Gasteiger partial charge in [-0.05, 0) is 55.2 Å². The number of aliphatic hydroxyl groups excluding tert-OH is 1. The van der Waals surface area contributed by atoms with Crippen molar-refractivity contribution in [1.29, 1.82) is 0 Å². The molecular weight excluding hydrogens is 398 g/mol. The molecule has 0 aromatic heterocycles. The van der Waals surface area contributed by atoms with Gasteiger partial charge in [0.15, 0.2) is 0 Å². The molecule has 4 aliphatic rings. The first-order valence-electron chi connectivity index (χ1n) is 11.2. The Morgan fingerprint density at radius 3 is 2.63 bits per heavy atom. The minimum Gasteiger partial charge on any atom is -0.393 e. The van der Waals surface area contributed by atoms with E-state index in [9.17, 15) is 14.7 Å². The maximum Gasteiger partial charge on any atom is 0.227 e. The van der Waals surface area contributed by atoms with E-state index in [-0.39, 0.29) is 40.5 Å². The van der Waals surface area contributed by atoms with Crippen molar-refractivity contribution in [3.05, 3.63) is 46.6 Å². The number of benzene rings is 1. The van der Waals surface area contributed by atoms with Gasteiger partial charge in [-0.2, -0.15) is 0 Å². The van der Waals surface area contributed by atoms with Gasteiger partial charge in [0, 0.05) is 40.3 Å². The molecule has 0 spiro atoms. The summed E-state index contributed by atoms with van der Waals surface area (Å²) >= 11 is 6.03. The molecular formula is C25H30ClNO3. The lowest BCUT2D eigenvalue weighted by Crippen LogP contribution is -2.57. The molecule has 30 heavy (non-hydrogen) atoms. The summed E-state index contributed by atoms with van der Waals surface area (Å²) in [7, 11) is 0. The first-order valence-corrected chi connectivity index (χ1v) is 11.6. The van der Waals surface area contributed by atoms with E-state index in [0.717, 1.165) is 36.9 Å². The molecule has 160 valence electrons. The van der Waals surface area contributed by atoms with Crippen molar-refractivity contribution in [2.45, 2.75) is 65.0 Å². The summed E-state index contributed by atoms with van der Waals surface area (Å²) in [4.78, 5) is 28.3. The number of aliphatic hydroxyl groups is 1. The number of amides is 1. The largest absolute Gasteiger partial charge is 0.393 e. The second kappa shape index (κ2) is 6.93. The van der Waals surface area contributed by atoms with Crippen LogP contribution >= 0.6 is 11.6 Å².